The van der Waals surface area contributed by atoms with E-state index in [1.54, 1.807) is 4.90 Å². The summed E-state index contributed by atoms with van der Waals surface area (Å²) in [6.07, 6.45) is -0.414. The molecule has 1 aliphatic carbocycles. The third-order valence-corrected chi connectivity index (χ3v) is 4.66. The summed E-state index contributed by atoms with van der Waals surface area (Å²) in [6, 6.07) is 4.03. The third kappa shape index (κ3) is 3.42. The summed E-state index contributed by atoms with van der Waals surface area (Å²) in [4.78, 5) is 6.88. The van der Waals surface area contributed by atoms with Crippen molar-refractivity contribution in [2.45, 2.75) is 31.9 Å². The van der Waals surface area contributed by atoms with E-state index in [9.17, 15) is 8.78 Å². The Kier molecular flexibility index (Phi) is 4.13. The predicted octanol–water partition coefficient (Wildman–Crippen LogP) is 3.79. The van der Waals surface area contributed by atoms with Crippen molar-refractivity contribution in [3.05, 3.63) is 21.8 Å². The highest BCUT2D eigenvalue weighted by molar-refractivity contribution is 9.11. The highest BCUT2D eigenvalue weighted by atomic mass is 79.9. The first-order valence-corrected chi connectivity index (χ1v) is 7.83. The predicted molar refractivity (Wildman–Crippen MR) is 74.7 cm³/mol. The average Bonchev–Trinajstić information content (AvgIpc) is 2.99. The maximum Gasteiger partial charge on any atom is 0.251 e. The van der Waals surface area contributed by atoms with E-state index in [4.69, 9.17) is 4.52 Å². The molecule has 1 aliphatic rings. The van der Waals surface area contributed by atoms with E-state index in [0.29, 0.717) is 11.7 Å². The maximum atomic E-state index is 12.5. The number of hydrogen-bond donors (Lipinski definition) is 0. The van der Waals surface area contributed by atoms with Crippen molar-refractivity contribution in [2.24, 2.45) is 0 Å². The van der Waals surface area contributed by atoms with Gasteiger partial charge in [0.2, 0.25) is 11.7 Å². The average molecular weight is 364 g/mol. The van der Waals surface area contributed by atoms with Crippen LogP contribution in [0.15, 0.2) is 20.4 Å². The van der Waals surface area contributed by atoms with Crippen LogP contribution >= 0.6 is 27.3 Å². The standard InChI is InChI=1S/C12H12BrF2N3OS/c13-9-4-3-8(20-9)12-16-11(19-17-12)6-18(5-10(14)15)7-1-2-7/h3-4,7,10H,1-2,5-6H2. The summed E-state index contributed by atoms with van der Waals surface area (Å²) in [5, 5.41) is 3.90. The van der Waals surface area contributed by atoms with Gasteiger partial charge in [0.05, 0.1) is 21.8 Å². The first-order chi connectivity index (χ1) is 9.61. The molecule has 1 fully saturated rings. The van der Waals surface area contributed by atoms with Crippen LogP contribution in [0.2, 0.25) is 0 Å². The fraction of sp³-hybridized carbons (Fsp3) is 0.500. The third-order valence-electron chi connectivity index (χ3n) is 3.04. The van der Waals surface area contributed by atoms with Gasteiger partial charge in [-0.3, -0.25) is 4.90 Å². The van der Waals surface area contributed by atoms with Crippen molar-refractivity contribution < 1.29 is 13.3 Å². The lowest BCUT2D eigenvalue weighted by Gasteiger charge is -2.18. The van der Waals surface area contributed by atoms with Gasteiger partial charge in [0.15, 0.2) is 0 Å². The summed E-state index contributed by atoms with van der Waals surface area (Å²) in [5.41, 5.74) is 0. The molecule has 0 bridgehead atoms. The molecule has 0 spiro atoms. The highest BCUT2D eigenvalue weighted by Gasteiger charge is 2.32. The van der Waals surface area contributed by atoms with Gasteiger partial charge in [-0.15, -0.1) is 11.3 Å². The zero-order valence-corrected chi connectivity index (χ0v) is 12.8. The van der Waals surface area contributed by atoms with Crippen molar-refractivity contribution >= 4 is 27.3 Å². The van der Waals surface area contributed by atoms with Gasteiger partial charge in [0.25, 0.3) is 6.43 Å². The van der Waals surface area contributed by atoms with E-state index in [0.717, 1.165) is 21.5 Å². The molecule has 2 aromatic heterocycles. The van der Waals surface area contributed by atoms with E-state index in [1.807, 2.05) is 12.1 Å². The zero-order valence-electron chi connectivity index (χ0n) is 10.4. The molecule has 20 heavy (non-hydrogen) atoms. The molecule has 4 nitrogen and oxygen atoms in total. The topological polar surface area (TPSA) is 42.2 Å². The Morgan fingerprint density at radius 3 is 2.85 bits per heavy atom. The van der Waals surface area contributed by atoms with E-state index in [-0.39, 0.29) is 19.1 Å². The normalized spacial score (nSPS) is 15.4. The van der Waals surface area contributed by atoms with E-state index in [2.05, 4.69) is 26.1 Å². The molecule has 0 aliphatic heterocycles. The summed E-state index contributed by atoms with van der Waals surface area (Å²) < 4.78 is 31.2. The van der Waals surface area contributed by atoms with Crippen molar-refractivity contribution in [2.75, 3.05) is 6.54 Å². The van der Waals surface area contributed by atoms with E-state index in [1.165, 1.54) is 11.3 Å². The van der Waals surface area contributed by atoms with Crippen molar-refractivity contribution in [1.82, 2.24) is 15.0 Å². The minimum absolute atomic E-state index is 0.232. The second-order valence-corrected chi connectivity index (χ2v) is 7.13. The minimum Gasteiger partial charge on any atom is -0.338 e. The number of thiophene rings is 1. The monoisotopic (exact) mass is 363 g/mol. The van der Waals surface area contributed by atoms with Gasteiger partial charge in [-0.1, -0.05) is 5.16 Å². The van der Waals surface area contributed by atoms with Crippen LogP contribution in [0.25, 0.3) is 10.7 Å². The molecular formula is C12H12BrF2N3OS. The fourth-order valence-corrected chi connectivity index (χ4v) is 3.30. The second kappa shape index (κ2) is 5.87. The van der Waals surface area contributed by atoms with Crippen molar-refractivity contribution in [3.63, 3.8) is 0 Å². The quantitative estimate of drug-likeness (QED) is 0.782. The van der Waals surface area contributed by atoms with Crippen molar-refractivity contribution in [1.29, 1.82) is 0 Å². The lowest BCUT2D eigenvalue weighted by Crippen LogP contribution is -2.30. The van der Waals surface area contributed by atoms with Crippen LogP contribution in [0.1, 0.15) is 18.7 Å². The summed E-state index contributed by atoms with van der Waals surface area (Å²) in [7, 11) is 0. The van der Waals surface area contributed by atoms with Crippen LogP contribution in [0.4, 0.5) is 8.78 Å². The number of halogens is 3. The van der Waals surface area contributed by atoms with Gasteiger partial charge < -0.3 is 4.52 Å². The van der Waals surface area contributed by atoms with Crippen LogP contribution in [-0.2, 0) is 6.54 Å². The summed E-state index contributed by atoms with van der Waals surface area (Å²) >= 11 is 4.87. The molecule has 2 aromatic rings. The van der Waals surface area contributed by atoms with Crippen LogP contribution in [0.3, 0.4) is 0 Å². The molecule has 0 atom stereocenters. The van der Waals surface area contributed by atoms with Gasteiger partial charge in [0.1, 0.15) is 0 Å². The number of rotatable bonds is 6. The molecular weight excluding hydrogens is 352 g/mol. The van der Waals surface area contributed by atoms with Gasteiger partial charge >= 0.3 is 0 Å². The SMILES string of the molecule is FC(F)CN(Cc1nc(-c2ccc(Br)s2)no1)C1CC1. The second-order valence-electron chi connectivity index (χ2n) is 4.67. The molecule has 0 radical (unpaired) electrons. The van der Waals surface area contributed by atoms with Crippen LogP contribution in [-0.4, -0.2) is 34.1 Å². The fourth-order valence-electron chi connectivity index (χ4n) is 1.99. The van der Waals surface area contributed by atoms with Crippen LogP contribution in [0, 0.1) is 0 Å². The molecule has 2 heterocycles. The molecule has 0 N–H and O–H groups in total. The Morgan fingerprint density at radius 2 is 2.25 bits per heavy atom. The Labute approximate surface area is 126 Å². The maximum absolute atomic E-state index is 12.5. The van der Waals surface area contributed by atoms with Gasteiger partial charge in [-0.05, 0) is 40.9 Å². The van der Waals surface area contributed by atoms with E-state index < -0.39 is 6.43 Å². The van der Waals surface area contributed by atoms with Gasteiger partial charge in [0, 0.05) is 6.04 Å². The van der Waals surface area contributed by atoms with Crippen molar-refractivity contribution in [3.8, 4) is 10.7 Å². The molecule has 0 amide bonds. The van der Waals surface area contributed by atoms with Gasteiger partial charge in [-0.25, -0.2) is 8.78 Å². The molecule has 8 heteroatoms. The minimum atomic E-state index is -2.34. The molecule has 0 aromatic carbocycles. The molecule has 0 saturated heterocycles. The van der Waals surface area contributed by atoms with Crippen LogP contribution < -0.4 is 0 Å². The Bertz CT molecular complexity index is 585. The molecule has 108 valence electrons. The number of nitrogens with zero attached hydrogens (tertiary/aromatic N) is 3. The highest BCUT2D eigenvalue weighted by Crippen LogP contribution is 2.31. The Hall–Kier alpha value is -0.860. The first-order valence-electron chi connectivity index (χ1n) is 6.22. The van der Waals surface area contributed by atoms with Gasteiger partial charge in [-0.2, -0.15) is 4.98 Å². The van der Waals surface area contributed by atoms with E-state index >= 15 is 0 Å². The molecule has 0 unspecified atom stereocenters. The number of alkyl halides is 2. The lowest BCUT2D eigenvalue weighted by molar-refractivity contribution is 0.0749. The Morgan fingerprint density at radius 1 is 1.45 bits per heavy atom. The first kappa shape index (κ1) is 14.1. The summed E-state index contributed by atoms with van der Waals surface area (Å²) in [5.74, 6) is 0.889. The summed E-state index contributed by atoms with van der Waals surface area (Å²) in [6.45, 7) is 0.0431. The number of hydrogen-bond acceptors (Lipinski definition) is 5. The Balaban J connectivity index is 1.69. The smallest absolute Gasteiger partial charge is 0.251 e. The zero-order chi connectivity index (χ0) is 14.1. The largest absolute Gasteiger partial charge is 0.338 e. The van der Waals surface area contributed by atoms with Crippen LogP contribution in [0.5, 0.6) is 0 Å². The lowest BCUT2D eigenvalue weighted by atomic mass is 10.4. The molecule has 1 saturated carbocycles. The number of aromatic nitrogens is 2. The molecule has 3 rings (SSSR count).